The van der Waals surface area contributed by atoms with E-state index >= 15 is 0 Å². The lowest BCUT2D eigenvalue weighted by Crippen LogP contribution is -2.52. The zero-order valence-electron chi connectivity index (χ0n) is 18.5. The molecule has 0 aliphatic carbocycles. The van der Waals surface area contributed by atoms with Crippen LogP contribution in [0.3, 0.4) is 0 Å². The Morgan fingerprint density at radius 3 is 2.55 bits per heavy atom. The standard InChI is InChI=1S/C23H29N3O5S2/c27-23(17-25-8-1-4-19(25)22-5-2-15-32-22)24-9-11-26(12-10-24)33(28,29)18-6-7-20-21(16-18)31-14-3-13-30-20/h2,5-7,15-16,19H,1,3-4,8-14,17H2. The van der Waals surface area contributed by atoms with Crippen molar-refractivity contribution in [3.8, 4) is 11.5 Å². The summed E-state index contributed by atoms with van der Waals surface area (Å²) in [4.78, 5) is 18.5. The molecule has 10 heteroatoms. The van der Waals surface area contributed by atoms with Crippen LogP contribution in [0.1, 0.15) is 30.2 Å². The summed E-state index contributed by atoms with van der Waals surface area (Å²) in [5.74, 6) is 1.11. The van der Waals surface area contributed by atoms with E-state index in [-0.39, 0.29) is 23.9 Å². The average Bonchev–Trinajstić information content (AvgIpc) is 3.46. The number of carbonyl (C=O) groups is 1. The Morgan fingerprint density at radius 2 is 1.79 bits per heavy atom. The minimum Gasteiger partial charge on any atom is -0.490 e. The van der Waals surface area contributed by atoms with E-state index < -0.39 is 10.0 Å². The van der Waals surface area contributed by atoms with Crippen molar-refractivity contribution in [3.05, 3.63) is 40.6 Å². The maximum absolute atomic E-state index is 13.2. The van der Waals surface area contributed by atoms with Crippen molar-refractivity contribution in [2.24, 2.45) is 0 Å². The molecule has 4 heterocycles. The normalized spacial score (nSPS) is 22.3. The van der Waals surface area contributed by atoms with Gasteiger partial charge in [0.15, 0.2) is 11.5 Å². The molecule has 0 radical (unpaired) electrons. The first-order chi connectivity index (χ1) is 16.0. The van der Waals surface area contributed by atoms with Gasteiger partial charge in [-0.05, 0) is 43.0 Å². The van der Waals surface area contributed by atoms with E-state index in [1.54, 1.807) is 34.4 Å². The molecule has 1 unspecified atom stereocenters. The van der Waals surface area contributed by atoms with Crippen LogP contribution in [0.4, 0.5) is 0 Å². The lowest BCUT2D eigenvalue weighted by molar-refractivity contribution is -0.133. The monoisotopic (exact) mass is 491 g/mol. The molecule has 2 aromatic rings. The van der Waals surface area contributed by atoms with Gasteiger partial charge in [-0.2, -0.15) is 4.31 Å². The summed E-state index contributed by atoms with van der Waals surface area (Å²) in [6.45, 7) is 3.75. The predicted octanol–water partition coefficient (Wildman–Crippen LogP) is 2.58. The van der Waals surface area contributed by atoms with Crippen LogP contribution in [0.2, 0.25) is 0 Å². The first-order valence-electron chi connectivity index (χ1n) is 11.5. The van der Waals surface area contributed by atoms with Crippen molar-refractivity contribution in [2.45, 2.75) is 30.2 Å². The number of likely N-dealkylation sites (tertiary alicyclic amines) is 1. The number of nitrogens with zero attached hydrogens (tertiary/aromatic N) is 3. The Hall–Kier alpha value is -2.14. The molecule has 8 nitrogen and oxygen atoms in total. The number of amides is 1. The predicted molar refractivity (Wildman–Crippen MR) is 125 cm³/mol. The van der Waals surface area contributed by atoms with Crippen molar-refractivity contribution in [3.63, 3.8) is 0 Å². The molecule has 178 valence electrons. The van der Waals surface area contributed by atoms with Gasteiger partial charge in [-0.3, -0.25) is 9.69 Å². The second kappa shape index (κ2) is 9.61. The summed E-state index contributed by atoms with van der Waals surface area (Å²) >= 11 is 1.74. The Kier molecular flexibility index (Phi) is 6.60. The summed E-state index contributed by atoms with van der Waals surface area (Å²) in [5, 5.41) is 2.08. The number of fused-ring (bicyclic) bond motifs is 1. The second-order valence-electron chi connectivity index (χ2n) is 8.59. The van der Waals surface area contributed by atoms with E-state index in [1.807, 2.05) is 0 Å². The van der Waals surface area contributed by atoms with Gasteiger partial charge >= 0.3 is 0 Å². The van der Waals surface area contributed by atoms with E-state index in [2.05, 4.69) is 22.4 Å². The van der Waals surface area contributed by atoms with Crippen molar-refractivity contribution in [2.75, 3.05) is 52.5 Å². The third-order valence-electron chi connectivity index (χ3n) is 6.52. The quantitative estimate of drug-likeness (QED) is 0.640. The van der Waals surface area contributed by atoms with E-state index in [1.165, 1.54) is 9.18 Å². The van der Waals surface area contributed by atoms with Crippen LogP contribution in [0.15, 0.2) is 40.6 Å². The maximum Gasteiger partial charge on any atom is 0.243 e. The first kappa shape index (κ1) is 22.6. The number of hydrogen-bond acceptors (Lipinski definition) is 7. The fourth-order valence-corrected chi connectivity index (χ4v) is 7.06. The summed E-state index contributed by atoms with van der Waals surface area (Å²) in [6.07, 6.45) is 2.94. The number of carbonyl (C=O) groups excluding carboxylic acids is 1. The van der Waals surface area contributed by atoms with Gasteiger partial charge in [-0.25, -0.2) is 8.42 Å². The molecule has 0 saturated carbocycles. The number of hydrogen-bond donors (Lipinski definition) is 0. The molecule has 5 rings (SSSR count). The summed E-state index contributed by atoms with van der Waals surface area (Å²) < 4.78 is 39.1. The average molecular weight is 492 g/mol. The maximum atomic E-state index is 13.2. The minimum atomic E-state index is -3.67. The van der Waals surface area contributed by atoms with Gasteiger partial charge in [0, 0.05) is 49.6 Å². The third-order valence-corrected chi connectivity index (χ3v) is 9.39. The summed E-state index contributed by atoms with van der Waals surface area (Å²) in [6, 6.07) is 9.29. The Morgan fingerprint density at radius 1 is 1.00 bits per heavy atom. The van der Waals surface area contributed by atoms with E-state index in [4.69, 9.17) is 9.47 Å². The molecule has 1 aromatic heterocycles. The summed E-state index contributed by atoms with van der Waals surface area (Å²) in [7, 11) is -3.67. The number of thiophene rings is 1. The molecule has 1 aromatic carbocycles. The van der Waals surface area contributed by atoms with Crippen molar-refractivity contribution in [1.29, 1.82) is 0 Å². The van der Waals surface area contributed by atoms with Gasteiger partial charge in [-0.15, -0.1) is 11.3 Å². The van der Waals surface area contributed by atoms with Crippen molar-refractivity contribution in [1.82, 2.24) is 14.1 Å². The molecule has 0 spiro atoms. The smallest absolute Gasteiger partial charge is 0.243 e. The van der Waals surface area contributed by atoms with Gasteiger partial charge in [-0.1, -0.05) is 6.07 Å². The van der Waals surface area contributed by atoms with E-state index in [0.717, 1.165) is 25.8 Å². The van der Waals surface area contributed by atoms with Gasteiger partial charge < -0.3 is 14.4 Å². The van der Waals surface area contributed by atoms with Crippen LogP contribution >= 0.6 is 11.3 Å². The van der Waals surface area contributed by atoms with Crippen LogP contribution in [0.5, 0.6) is 11.5 Å². The number of benzene rings is 1. The van der Waals surface area contributed by atoms with Crippen LogP contribution in [-0.2, 0) is 14.8 Å². The molecule has 2 fully saturated rings. The highest BCUT2D eigenvalue weighted by molar-refractivity contribution is 7.89. The van der Waals surface area contributed by atoms with Crippen molar-refractivity contribution >= 4 is 27.3 Å². The first-order valence-corrected chi connectivity index (χ1v) is 13.8. The van der Waals surface area contributed by atoms with Gasteiger partial charge in [0.2, 0.25) is 15.9 Å². The van der Waals surface area contributed by atoms with Crippen LogP contribution in [0.25, 0.3) is 0 Å². The number of rotatable bonds is 5. The molecular formula is C23H29N3O5S2. The topological polar surface area (TPSA) is 79.4 Å². The highest BCUT2D eigenvalue weighted by Crippen LogP contribution is 2.35. The van der Waals surface area contributed by atoms with Crippen LogP contribution in [-0.4, -0.2) is 80.9 Å². The summed E-state index contributed by atoms with van der Waals surface area (Å²) in [5.41, 5.74) is 0. The Bertz CT molecular complexity index is 1080. The number of piperazine rings is 1. The fourth-order valence-electron chi connectivity index (χ4n) is 4.72. The molecule has 0 N–H and O–H groups in total. The molecule has 1 atom stereocenters. The lowest BCUT2D eigenvalue weighted by atomic mass is 10.2. The highest BCUT2D eigenvalue weighted by atomic mass is 32.2. The van der Waals surface area contributed by atoms with Crippen LogP contribution in [0, 0.1) is 0 Å². The second-order valence-corrected chi connectivity index (χ2v) is 11.5. The Balaban J connectivity index is 1.20. The molecule has 3 aliphatic heterocycles. The third kappa shape index (κ3) is 4.75. The molecule has 3 aliphatic rings. The van der Waals surface area contributed by atoms with E-state index in [0.29, 0.717) is 50.4 Å². The molecular weight excluding hydrogens is 462 g/mol. The molecule has 0 bridgehead atoms. The van der Waals surface area contributed by atoms with Crippen LogP contribution < -0.4 is 9.47 Å². The lowest BCUT2D eigenvalue weighted by Gasteiger charge is -2.35. The number of ether oxygens (including phenoxy) is 2. The largest absolute Gasteiger partial charge is 0.490 e. The van der Waals surface area contributed by atoms with Gasteiger partial charge in [0.25, 0.3) is 0 Å². The van der Waals surface area contributed by atoms with Crippen molar-refractivity contribution < 1.29 is 22.7 Å². The van der Waals surface area contributed by atoms with E-state index in [9.17, 15) is 13.2 Å². The van der Waals surface area contributed by atoms with Gasteiger partial charge in [0.1, 0.15) is 0 Å². The minimum absolute atomic E-state index is 0.0751. The zero-order valence-corrected chi connectivity index (χ0v) is 20.2. The molecule has 33 heavy (non-hydrogen) atoms. The van der Waals surface area contributed by atoms with Gasteiger partial charge in [0.05, 0.1) is 24.7 Å². The fraction of sp³-hybridized carbons (Fsp3) is 0.522. The Labute approximate surface area is 198 Å². The molecule has 1 amide bonds. The highest BCUT2D eigenvalue weighted by Gasteiger charge is 2.33. The zero-order chi connectivity index (χ0) is 22.8. The SMILES string of the molecule is O=C(CN1CCCC1c1cccs1)N1CCN(S(=O)(=O)c2ccc3c(c2)OCCCO3)CC1. The number of sulfonamides is 1. The molecule has 2 saturated heterocycles.